The summed E-state index contributed by atoms with van der Waals surface area (Å²) in [7, 11) is 0. The Morgan fingerprint density at radius 3 is 1.98 bits per heavy atom. The van der Waals surface area contributed by atoms with Crippen LogP contribution in [0, 0.1) is 0 Å². The lowest BCUT2D eigenvalue weighted by molar-refractivity contribution is -0.0899. The fraction of sp³-hybridized carbons (Fsp3) is 0.459. The monoisotopic (exact) mass is 687 g/mol. The number of aromatic nitrogens is 4. The minimum absolute atomic E-state index is 0.109. The molecule has 5 atom stereocenters. The fourth-order valence-electron chi connectivity index (χ4n) is 5.79. The first-order valence-electron chi connectivity index (χ1n) is 16.9. The third-order valence-corrected chi connectivity index (χ3v) is 8.24. The van der Waals surface area contributed by atoms with Gasteiger partial charge in [0.25, 0.3) is 0 Å². The van der Waals surface area contributed by atoms with E-state index in [1.807, 2.05) is 112 Å². The molecule has 3 heterocycles. The molecule has 50 heavy (non-hydrogen) atoms. The van der Waals surface area contributed by atoms with Gasteiger partial charge in [0.15, 0.2) is 0 Å². The molecule has 3 aromatic carbocycles. The van der Waals surface area contributed by atoms with Gasteiger partial charge in [-0.15, -0.1) is 0 Å². The van der Waals surface area contributed by atoms with Crippen LogP contribution in [0.2, 0.25) is 0 Å². The smallest absolute Gasteiger partial charge is 0.412 e. The number of carbonyl (C=O) groups is 1. The van der Waals surface area contributed by atoms with Crippen LogP contribution in [0.5, 0.6) is 6.01 Å². The fourth-order valence-corrected chi connectivity index (χ4v) is 5.79. The van der Waals surface area contributed by atoms with Crippen molar-refractivity contribution in [1.82, 2.24) is 25.1 Å². The Kier molecular flexibility index (Phi) is 12.1. The van der Waals surface area contributed by atoms with Crippen molar-refractivity contribution >= 4 is 6.09 Å². The van der Waals surface area contributed by atoms with Crippen LogP contribution in [0.3, 0.4) is 0 Å². The van der Waals surface area contributed by atoms with Gasteiger partial charge in [0.05, 0.1) is 45.6 Å². The lowest BCUT2D eigenvalue weighted by atomic mass is 10.1. The highest BCUT2D eigenvalue weighted by molar-refractivity contribution is 5.68. The molecule has 4 aromatic rings. The molecule has 266 valence electrons. The molecular formula is C37H45N5O8. The maximum Gasteiger partial charge on any atom is 0.412 e. The number of ether oxygens (including phenoxy) is 7. The van der Waals surface area contributed by atoms with Crippen LogP contribution in [-0.2, 0) is 54.8 Å². The standard InChI is InChI=1S/C37H45N5O8/c1-37(2,3)50-36(43)41-26-45-23-30(41)24-48-35-38-39-40-42(35)19-31-33(46-21-28-15-9-5-10-16-28)34(47-22-29-17-11-6-12-18-29)32(49-31)25-44-20-27-13-7-4-8-14-27/h4-18,30-34H,19-26H2,1-3H3/t30-,31-,32-,33+,34-/m1/s1. The SMILES string of the molecule is CC(C)(C)OC(=O)N1COC[C@@H]1COc1nnnn1C[C@H]1O[C@H](COCc2ccccc2)[C@@H](OCc2ccccc2)[C@H]1OCc1ccccc1. The second-order valence-corrected chi connectivity index (χ2v) is 13.3. The molecule has 2 saturated heterocycles. The van der Waals surface area contributed by atoms with Crippen molar-refractivity contribution in [2.75, 3.05) is 26.6 Å². The summed E-state index contributed by atoms with van der Waals surface area (Å²) in [6.45, 7) is 7.65. The maximum absolute atomic E-state index is 12.8. The average Bonchev–Trinajstić information content (AvgIpc) is 3.85. The van der Waals surface area contributed by atoms with Crippen LogP contribution in [0.1, 0.15) is 37.5 Å². The molecule has 0 aliphatic carbocycles. The van der Waals surface area contributed by atoms with Gasteiger partial charge in [0.2, 0.25) is 0 Å². The summed E-state index contributed by atoms with van der Waals surface area (Å²) in [6.07, 6.45) is -2.37. The zero-order chi connectivity index (χ0) is 34.8. The summed E-state index contributed by atoms with van der Waals surface area (Å²) < 4.78 is 44.7. The molecule has 1 aromatic heterocycles. The molecule has 2 aliphatic rings. The van der Waals surface area contributed by atoms with Gasteiger partial charge >= 0.3 is 12.1 Å². The number of nitrogens with zero attached hydrogens (tertiary/aromatic N) is 5. The molecule has 0 saturated carbocycles. The molecule has 0 N–H and O–H groups in total. The van der Waals surface area contributed by atoms with E-state index in [0.717, 1.165) is 16.7 Å². The second kappa shape index (κ2) is 17.0. The Hall–Kier alpha value is -4.40. The highest BCUT2D eigenvalue weighted by Crippen LogP contribution is 2.31. The molecule has 13 heteroatoms. The molecule has 2 fully saturated rings. The topological polar surface area (TPSA) is 129 Å². The van der Waals surface area contributed by atoms with Crippen molar-refractivity contribution < 1.29 is 38.0 Å². The van der Waals surface area contributed by atoms with E-state index in [1.165, 1.54) is 4.90 Å². The van der Waals surface area contributed by atoms with Crippen LogP contribution in [0.15, 0.2) is 91.0 Å². The van der Waals surface area contributed by atoms with E-state index in [1.54, 1.807) is 4.68 Å². The number of carbonyl (C=O) groups excluding carboxylic acids is 1. The van der Waals surface area contributed by atoms with Crippen LogP contribution in [0.25, 0.3) is 0 Å². The Balaban J connectivity index is 1.17. The highest BCUT2D eigenvalue weighted by Gasteiger charge is 2.47. The van der Waals surface area contributed by atoms with Gasteiger partial charge in [-0.1, -0.05) is 96.1 Å². The predicted molar refractivity (Wildman–Crippen MR) is 181 cm³/mol. The number of rotatable bonds is 15. The second-order valence-electron chi connectivity index (χ2n) is 13.3. The van der Waals surface area contributed by atoms with E-state index >= 15 is 0 Å². The molecule has 13 nitrogen and oxygen atoms in total. The van der Waals surface area contributed by atoms with Crippen LogP contribution >= 0.6 is 0 Å². The van der Waals surface area contributed by atoms with Crippen molar-refractivity contribution in [3.63, 3.8) is 0 Å². The molecule has 0 radical (unpaired) electrons. The zero-order valence-electron chi connectivity index (χ0n) is 28.7. The van der Waals surface area contributed by atoms with Crippen molar-refractivity contribution in [3.8, 4) is 6.01 Å². The summed E-state index contributed by atoms with van der Waals surface area (Å²) in [4.78, 5) is 14.3. The summed E-state index contributed by atoms with van der Waals surface area (Å²) >= 11 is 0. The maximum atomic E-state index is 12.8. The van der Waals surface area contributed by atoms with Gasteiger partial charge in [-0.05, 0) is 47.9 Å². The Morgan fingerprint density at radius 1 is 0.800 bits per heavy atom. The molecular weight excluding hydrogens is 642 g/mol. The molecule has 1 amide bonds. The zero-order valence-corrected chi connectivity index (χ0v) is 28.7. The van der Waals surface area contributed by atoms with Crippen molar-refractivity contribution in [3.05, 3.63) is 108 Å². The quantitative estimate of drug-likeness (QED) is 0.171. The van der Waals surface area contributed by atoms with E-state index < -0.39 is 36.1 Å². The molecule has 0 spiro atoms. The minimum Gasteiger partial charge on any atom is -0.460 e. The lowest BCUT2D eigenvalue weighted by Crippen LogP contribution is -2.43. The normalized spacial score (nSPS) is 22.1. The minimum atomic E-state index is -0.636. The molecule has 0 bridgehead atoms. The van der Waals surface area contributed by atoms with E-state index in [9.17, 15) is 4.79 Å². The summed E-state index contributed by atoms with van der Waals surface area (Å²) in [5, 5.41) is 12.2. The van der Waals surface area contributed by atoms with E-state index in [2.05, 4.69) is 15.5 Å². The van der Waals surface area contributed by atoms with Gasteiger partial charge in [-0.25, -0.2) is 4.79 Å². The van der Waals surface area contributed by atoms with Crippen molar-refractivity contribution in [2.24, 2.45) is 0 Å². The Morgan fingerprint density at radius 2 is 1.38 bits per heavy atom. The third kappa shape index (κ3) is 9.86. The number of tetrazole rings is 1. The number of benzene rings is 3. The van der Waals surface area contributed by atoms with Crippen molar-refractivity contribution in [1.29, 1.82) is 0 Å². The summed E-state index contributed by atoms with van der Waals surface area (Å²) in [6, 6.07) is 29.8. The molecule has 2 aliphatic heterocycles. The number of hydrogen-bond donors (Lipinski definition) is 0. The summed E-state index contributed by atoms with van der Waals surface area (Å²) in [5.74, 6) is 0. The predicted octanol–water partition coefficient (Wildman–Crippen LogP) is 4.80. The first-order chi connectivity index (χ1) is 24.3. The van der Waals surface area contributed by atoms with Crippen LogP contribution in [-0.4, -0.2) is 93.8 Å². The first-order valence-corrected chi connectivity index (χ1v) is 16.9. The van der Waals surface area contributed by atoms with Crippen molar-refractivity contribution in [2.45, 2.75) is 83.2 Å². The van der Waals surface area contributed by atoms with Gasteiger partial charge in [0, 0.05) is 0 Å². The largest absolute Gasteiger partial charge is 0.460 e. The summed E-state index contributed by atoms with van der Waals surface area (Å²) in [5.41, 5.74) is 2.49. The van der Waals surface area contributed by atoms with Gasteiger partial charge < -0.3 is 33.2 Å². The van der Waals surface area contributed by atoms with Crippen LogP contribution < -0.4 is 4.74 Å². The first kappa shape index (κ1) is 35.4. The lowest BCUT2D eigenvalue weighted by Gasteiger charge is -2.27. The van der Waals surface area contributed by atoms with Gasteiger partial charge in [-0.3, -0.25) is 4.90 Å². The number of amides is 1. The van der Waals surface area contributed by atoms with E-state index in [-0.39, 0.29) is 38.5 Å². The highest BCUT2D eigenvalue weighted by atomic mass is 16.6. The Bertz CT molecular complexity index is 1600. The van der Waals surface area contributed by atoms with Crippen LogP contribution in [0.4, 0.5) is 4.79 Å². The molecule has 0 unspecified atom stereocenters. The third-order valence-electron chi connectivity index (χ3n) is 8.24. The number of hydrogen-bond acceptors (Lipinski definition) is 11. The van der Waals surface area contributed by atoms with Gasteiger partial charge in [0.1, 0.15) is 43.4 Å². The van der Waals surface area contributed by atoms with Gasteiger partial charge in [-0.2, -0.15) is 4.68 Å². The Labute approximate surface area is 292 Å². The molecule has 6 rings (SSSR count). The average molecular weight is 688 g/mol. The van der Waals surface area contributed by atoms with E-state index in [0.29, 0.717) is 26.4 Å². The van der Waals surface area contributed by atoms with E-state index in [4.69, 9.17) is 33.2 Å².